The van der Waals surface area contributed by atoms with E-state index in [0.717, 1.165) is 50.7 Å². The number of rotatable bonds is 28. The van der Waals surface area contributed by atoms with Gasteiger partial charge in [-0.05, 0) is 111 Å². The molecular formula is C43H77N5O7. The molecule has 0 heterocycles. The van der Waals surface area contributed by atoms with Crippen LogP contribution in [0.5, 0.6) is 5.75 Å². The summed E-state index contributed by atoms with van der Waals surface area (Å²) in [5.74, 6) is 0.397. The van der Waals surface area contributed by atoms with Gasteiger partial charge in [0.2, 0.25) is 11.8 Å². The lowest BCUT2D eigenvalue weighted by atomic mass is 10.1. The molecule has 2 atom stereocenters. The van der Waals surface area contributed by atoms with Crippen molar-refractivity contribution in [3.05, 3.63) is 29.8 Å². The summed E-state index contributed by atoms with van der Waals surface area (Å²) >= 11 is 0. The Morgan fingerprint density at radius 3 is 1.45 bits per heavy atom. The molecule has 4 amide bonds. The molecule has 55 heavy (non-hydrogen) atoms. The summed E-state index contributed by atoms with van der Waals surface area (Å²) in [6.45, 7) is 20.6. The van der Waals surface area contributed by atoms with E-state index in [2.05, 4.69) is 59.1 Å². The van der Waals surface area contributed by atoms with Gasteiger partial charge in [0, 0.05) is 19.6 Å². The van der Waals surface area contributed by atoms with Crippen molar-refractivity contribution in [2.75, 3.05) is 39.3 Å². The number of nitrogens with one attached hydrogen (secondary N) is 4. The summed E-state index contributed by atoms with van der Waals surface area (Å²) in [6.07, 6.45) is 11.6. The molecule has 12 heteroatoms. The molecule has 1 aromatic rings. The number of alkyl carbamates (subject to hydrolysis) is 2. The average molecular weight is 776 g/mol. The lowest BCUT2D eigenvalue weighted by molar-refractivity contribution is -0.124. The molecular weight excluding hydrogens is 699 g/mol. The van der Waals surface area contributed by atoms with Gasteiger partial charge in [-0.2, -0.15) is 0 Å². The molecule has 0 unspecified atom stereocenters. The molecule has 0 aromatic heterocycles. The fourth-order valence-corrected chi connectivity index (χ4v) is 5.87. The summed E-state index contributed by atoms with van der Waals surface area (Å²) in [6, 6.07) is 7.00. The van der Waals surface area contributed by atoms with E-state index >= 15 is 0 Å². The number of amides is 4. The minimum Gasteiger partial charge on any atom is -0.492 e. The first-order valence-electron chi connectivity index (χ1n) is 21.0. The predicted molar refractivity (Wildman–Crippen MR) is 221 cm³/mol. The van der Waals surface area contributed by atoms with E-state index in [0.29, 0.717) is 65.0 Å². The van der Waals surface area contributed by atoms with Gasteiger partial charge in [-0.25, -0.2) is 9.59 Å². The molecule has 0 bridgehead atoms. The molecule has 0 fully saturated rings. The van der Waals surface area contributed by atoms with Crippen LogP contribution in [0.3, 0.4) is 0 Å². The Morgan fingerprint density at radius 2 is 1.04 bits per heavy atom. The van der Waals surface area contributed by atoms with Gasteiger partial charge in [0.05, 0.1) is 0 Å². The standard InChI is InChI=1S/C43H77N5O7/c1-10-13-16-21-34-24-26-35(27-25-34)53-33-32-48(30-19-28-44-38(49)36(22-17-14-11-2)46-40(51)54-42(4,5)6)31-20-29-45-39(50)37(23-18-15-12-3)47-41(52)55-43(7,8)9/h24-27,36-37H,10-23,28-33H2,1-9H3,(H,44,49)(H,45,50)(H,46,51)(H,47,52)/t36-,37-/m0/s1. The van der Waals surface area contributed by atoms with Gasteiger partial charge >= 0.3 is 12.2 Å². The summed E-state index contributed by atoms with van der Waals surface area (Å²) in [4.78, 5) is 53.6. The van der Waals surface area contributed by atoms with E-state index in [1.807, 2.05) is 12.1 Å². The van der Waals surface area contributed by atoms with Gasteiger partial charge in [0.25, 0.3) is 0 Å². The summed E-state index contributed by atoms with van der Waals surface area (Å²) in [7, 11) is 0. The maximum atomic E-state index is 13.2. The monoisotopic (exact) mass is 776 g/mol. The van der Waals surface area contributed by atoms with Gasteiger partial charge in [0.1, 0.15) is 35.6 Å². The third kappa shape index (κ3) is 26.0. The van der Waals surface area contributed by atoms with E-state index in [9.17, 15) is 19.2 Å². The fraction of sp³-hybridized carbons (Fsp3) is 0.767. The lowest BCUT2D eigenvalue weighted by Gasteiger charge is -2.25. The normalized spacial score (nSPS) is 12.8. The van der Waals surface area contributed by atoms with Crippen LogP contribution in [-0.4, -0.2) is 91.5 Å². The predicted octanol–water partition coefficient (Wildman–Crippen LogP) is 8.06. The number of hydrogen-bond acceptors (Lipinski definition) is 8. The highest BCUT2D eigenvalue weighted by Gasteiger charge is 2.25. The van der Waals surface area contributed by atoms with Crippen molar-refractivity contribution in [1.82, 2.24) is 26.2 Å². The van der Waals surface area contributed by atoms with Crippen LogP contribution in [0.25, 0.3) is 0 Å². The molecule has 316 valence electrons. The summed E-state index contributed by atoms with van der Waals surface area (Å²) in [5, 5.41) is 11.6. The molecule has 0 aliphatic rings. The van der Waals surface area contributed by atoms with Crippen molar-refractivity contribution in [3.63, 3.8) is 0 Å². The molecule has 12 nitrogen and oxygen atoms in total. The van der Waals surface area contributed by atoms with Crippen LogP contribution in [0.4, 0.5) is 9.59 Å². The third-order valence-electron chi connectivity index (χ3n) is 8.78. The molecule has 0 aliphatic heterocycles. The number of nitrogens with zero attached hydrogens (tertiary/aromatic N) is 1. The van der Waals surface area contributed by atoms with Crippen LogP contribution in [0.2, 0.25) is 0 Å². The van der Waals surface area contributed by atoms with E-state index in [4.69, 9.17) is 14.2 Å². The Kier molecular flexibility index (Phi) is 25.1. The average Bonchev–Trinajstić information content (AvgIpc) is 3.09. The van der Waals surface area contributed by atoms with Gasteiger partial charge in [-0.15, -0.1) is 0 Å². The molecule has 0 spiro atoms. The number of aryl methyl sites for hydroxylation is 1. The number of unbranched alkanes of at least 4 members (excludes halogenated alkanes) is 6. The van der Waals surface area contributed by atoms with Crippen molar-refractivity contribution in [3.8, 4) is 5.75 Å². The first kappa shape index (κ1) is 49.5. The smallest absolute Gasteiger partial charge is 0.408 e. The molecule has 0 saturated heterocycles. The second-order valence-electron chi connectivity index (χ2n) is 16.5. The van der Waals surface area contributed by atoms with E-state index in [1.54, 1.807) is 41.5 Å². The zero-order valence-electron chi connectivity index (χ0n) is 35.9. The van der Waals surface area contributed by atoms with E-state index in [-0.39, 0.29) is 11.8 Å². The van der Waals surface area contributed by atoms with Gasteiger partial charge in [-0.3, -0.25) is 14.5 Å². The summed E-state index contributed by atoms with van der Waals surface area (Å²) < 4.78 is 16.9. The number of ether oxygens (including phenoxy) is 3. The second-order valence-corrected chi connectivity index (χ2v) is 16.5. The third-order valence-corrected chi connectivity index (χ3v) is 8.78. The van der Waals surface area contributed by atoms with Crippen LogP contribution in [-0.2, 0) is 25.5 Å². The van der Waals surface area contributed by atoms with Crippen molar-refractivity contribution in [1.29, 1.82) is 0 Å². The first-order valence-corrected chi connectivity index (χ1v) is 21.0. The molecule has 1 aromatic carbocycles. The van der Waals surface area contributed by atoms with Gasteiger partial charge in [0.15, 0.2) is 0 Å². The molecule has 0 radical (unpaired) electrons. The highest BCUT2D eigenvalue weighted by molar-refractivity contribution is 5.86. The minimum absolute atomic E-state index is 0.216. The maximum absolute atomic E-state index is 13.2. The Bertz CT molecular complexity index is 1150. The van der Waals surface area contributed by atoms with Crippen molar-refractivity contribution in [2.45, 2.75) is 175 Å². The minimum atomic E-state index is -0.664. The zero-order chi connectivity index (χ0) is 41.1. The van der Waals surface area contributed by atoms with Gasteiger partial charge in [-0.1, -0.05) is 84.3 Å². The second kappa shape index (κ2) is 27.9. The SMILES string of the molecule is CCCCCc1ccc(OCCN(CCCNC(=O)[C@H](CCCCC)NC(=O)OC(C)(C)C)CCCNC(=O)[C@H](CCCCC)NC(=O)OC(C)(C)C)cc1. The Hall–Kier alpha value is -3.54. The van der Waals surface area contributed by atoms with Crippen LogP contribution < -0.4 is 26.0 Å². The number of benzene rings is 1. The van der Waals surface area contributed by atoms with E-state index < -0.39 is 35.5 Å². The largest absolute Gasteiger partial charge is 0.492 e. The highest BCUT2D eigenvalue weighted by Crippen LogP contribution is 2.15. The van der Waals surface area contributed by atoms with Crippen molar-refractivity contribution in [2.24, 2.45) is 0 Å². The summed E-state index contributed by atoms with van der Waals surface area (Å²) in [5.41, 5.74) is -0.000254. The van der Waals surface area contributed by atoms with Crippen LogP contribution in [0.15, 0.2) is 24.3 Å². The van der Waals surface area contributed by atoms with Crippen LogP contribution >= 0.6 is 0 Å². The van der Waals surface area contributed by atoms with Gasteiger partial charge < -0.3 is 35.5 Å². The molecule has 0 aliphatic carbocycles. The van der Waals surface area contributed by atoms with Crippen LogP contribution in [0.1, 0.15) is 151 Å². The molecule has 0 saturated carbocycles. The lowest BCUT2D eigenvalue weighted by Crippen LogP contribution is -2.48. The maximum Gasteiger partial charge on any atom is 0.408 e. The fourth-order valence-electron chi connectivity index (χ4n) is 5.87. The first-order chi connectivity index (χ1) is 26.1. The Balaban J connectivity index is 2.82. The number of hydrogen-bond donors (Lipinski definition) is 4. The zero-order valence-corrected chi connectivity index (χ0v) is 35.9. The molecule has 1 rings (SSSR count). The van der Waals surface area contributed by atoms with Crippen molar-refractivity contribution < 1.29 is 33.4 Å². The Morgan fingerprint density at radius 1 is 0.600 bits per heavy atom. The number of carbonyl (C=O) groups excluding carboxylic acids is 4. The number of carbonyl (C=O) groups is 4. The van der Waals surface area contributed by atoms with Crippen LogP contribution in [0, 0.1) is 0 Å². The highest BCUT2D eigenvalue weighted by atomic mass is 16.6. The Labute approximate surface area is 333 Å². The van der Waals surface area contributed by atoms with E-state index in [1.165, 1.54) is 24.8 Å². The van der Waals surface area contributed by atoms with Crippen molar-refractivity contribution >= 4 is 24.0 Å². The topological polar surface area (TPSA) is 147 Å². The quantitative estimate of drug-likeness (QED) is 0.0626. The molecule has 4 N–H and O–H groups in total.